The number of rotatable bonds is 3. The highest BCUT2D eigenvalue weighted by atomic mass is 79.9. The molecule has 0 radical (unpaired) electrons. The van der Waals surface area contributed by atoms with Crippen molar-refractivity contribution in [3.63, 3.8) is 0 Å². The molecule has 1 rings (SSSR count). The minimum absolute atomic E-state index is 0.131. The molecule has 1 heterocycles. The number of carbonyl (C=O) groups excluding carboxylic acids is 1. The lowest BCUT2D eigenvalue weighted by Gasteiger charge is -2.08. The molecule has 1 aromatic rings. The van der Waals surface area contributed by atoms with Crippen molar-refractivity contribution >= 4 is 21.8 Å². The van der Waals surface area contributed by atoms with Crippen LogP contribution in [-0.4, -0.2) is 15.7 Å². The van der Waals surface area contributed by atoms with Gasteiger partial charge in [-0.05, 0) is 22.0 Å². The monoisotopic (exact) mass is 246 g/mol. The van der Waals surface area contributed by atoms with E-state index in [0.29, 0.717) is 4.60 Å². The van der Waals surface area contributed by atoms with Gasteiger partial charge in [-0.25, -0.2) is 0 Å². The Morgan fingerprint density at radius 2 is 2.46 bits per heavy atom. The molecule has 0 unspecified atom stereocenters. The standard InChI is InChI=1S/C7H11BrN4O/c1-12-5(3-6(8)11-12)4(9)2-7(10)13/h3-4H,2,9H2,1H3,(H2,10,13)/t4-/m1/s1. The lowest BCUT2D eigenvalue weighted by Crippen LogP contribution is -2.22. The normalized spacial score (nSPS) is 12.8. The van der Waals surface area contributed by atoms with Gasteiger partial charge in [0.25, 0.3) is 0 Å². The number of primary amides is 1. The summed E-state index contributed by atoms with van der Waals surface area (Å²) >= 11 is 3.21. The molecule has 0 aliphatic carbocycles. The second-order valence-electron chi connectivity index (χ2n) is 2.79. The maximum Gasteiger partial charge on any atom is 0.219 e. The molecule has 1 amide bonds. The topological polar surface area (TPSA) is 86.9 Å². The number of amides is 1. The fourth-order valence-electron chi connectivity index (χ4n) is 1.11. The molecule has 4 N–H and O–H groups in total. The fraction of sp³-hybridized carbons (Fsp3) is 0.429. The van der Waals surface area contributed by atoms with Gasteiger partial charge in [0.2, 0.25) is 5.91 Å². The number of nitrogens with zero attached hydrogens (tertiary/aromatic N) is 2. The van der Waals surface area contributed by atoms with Crippen LogP contribution < -0.4 is 11.5 Å². The van der Waals surface area contributed by atoms with E-state index >= 15 is 0 Å². The van der Waals surface area contributed by atoms with E-state index in [0.717, 1.165) is 5.69 Å². The Morgan fingerprint density at radius 3 is 2.85 bits per heavy atom. The molecule has 0 fully saturated rings. The Labute approximate surface area is 84.2 Å². The van der Waals surface area contributed by atoms with Crippen molar-refractivity contribution in [2.24, 2.45) is 18.5 Å². The Bertz CT molecular complexity index is 322. The molecule has 0 saturated heterocycles. The molecule has 5 nitrogen and oxygen atoms in total. The lowest BCUT2D eigenvalue weighted by atomic mass is 10.1. The summed E-state index contributed by atoms with van der Waals surface area (Å²) in [6.07, 6.45) is 0.131. The molecule has 72 valence electrons. The summed E-state index contributed by atoms with van der Waals surface area (Å²) in [6, 6.07) is 1.38. The average molecular weight is 247 g/mol. The van der Waals surface area contributed by atoms with E-state index in [-0.39, 0.29) is 12.5 Å². The van der Waals surface area contributed by atoms with Gasteiger partial charge in [0.05, 0.1) is 11.7 Å². The van der Waals surface area contributed by atoms with Crippen LogP contribution in [0, 0.1) is 0 Å². The summed E-state index contributed by atoms with van der Waals surface area (Å²) in [5.74, 6) is -0.412. The summed E-state index contributed by atoms with van der Waals surface area (Å²) in [5, 5.41) is 4.04. The van der Waals surface area contributed by atoms with Gasteiger partial charge in [0.1, 0.15) is 4.60 Å². The van der Waals surface area contributed by atoms with Crippen LogP contribution in [0.4, 0.5) is 0 Å². The van der Waals surface area contributed by atoms with Crippen molar-refractivity contribution in [3.8, 4) is 0 Å². The Hall–Kier alpha value is -0.880. The molecule has 0 spiro atoms. The average Bonchev–Trinajstić information content (AvgIpc) is 2.28. The Morgan fingerprint density at radius 1 is 1.85 bits per heavy atom. The van der Waals surface area contributed by atoms with Gasteiger partial charge >= 0.3 is 0 Å². The quantitative estimate of drug-likeness (QED) is 0.791. The molecule has 0 aromatic carbocycles. The highest BCUT2D eigenvalue weighted by Crippen LogP contribution is 2.17. The molecular weight excluding hydrogens is 236 g/mol. The first-order chi connectivity index (χ1) is 6.00. The zero-order valence-electron chi connectivity index (χ0n) is 7.20. The van der Waals surface area contributed by atoms with Crippen molar-refractivity contribution in [1.29, 1.82) is 0 Å². The van der Waals surface area contributed by atoms with E-state index < -0.39 is 5.91 Å². The summed E-state index contributed by atoms with van der Waals surface area (Å²) in [4.78, 5) is 10.6. The molecular formula is C7H11BrN4O. The lowest BCUT2D eigenvalue weighted by molar-refractivity contribution is -0.118. The number of aryl methyl sites for hydroxylation is 1. The summed E-state index contributed by atoms with van der Waals surface area (Å²) in [7, 11) is 1.76. The van der Waals surface area contributed by atoms with Crippen LogP contribution in [0.5, 0.6) is 0 Å². The van der Waals surface area contributed by atoms with Crippen molar-refractivity contribution in [2.45, 2.75) is 12.5 Å². The molecule has 0 saturated carbocycles. The second kappa shape index (κ2) is 3.89. The fourth-order valence-corrected chi connectivity index (χ4v) is 1.59. The molecule has 0 bridgehead atoms. The highest BCUT2D eigenvalue weighted by molar-refractivity contribution is 9.10. The zero-order chi connectivity index (χ0) is 10.0. The molecule has 6 heteroatoms. The van der Waals surface area contributed by atoms with Gasteiger partial charge in [0.15, 0.2) is 0 Å². The van der Waals surface area contributed by atoms with E-state index in [4.69, 9.17) is 11.5 Å². The predicted octanol–water partition coefficient (Wildman–Crippen LogP) is 0.0578. The maximum atomic E-state index is 10.6. The molecule has 0 aliphatic rings. The van der Waals surface area contributed by atoms with Crippen LogP contribution in [0.15, 0.2) is 10.7 Å². The molecule has 1 atom stereocenters. The minimum Gasteiger partial charge on any atom is -0.370 e. The molecule has 0 aliphatic heterocycles. The van der Waals surface area contributed by atoms with E-state index in [9.17, 15) is 4.79 Å². The minimum atomic E-state index is -0.412. The summed E-state index contributed by atoms with van der Waals surface area (Å²) < 4.78 is 2.32. The summed E-state index contributed by atoms with van der Waals surface area (Å²) in [6.45, 7) is 0. The first kappa shape index (κ1) is 10.2. The van der Waals surface area contributed by atoms with Crippen LogP contribution in [0.25, 0.3) is 0 Å². The van der Waals surface area contributed by atoms with Crippen molar-refractivity contribution in [1.82, 2.24) is 9.78 Å². The maximum absolute atomic E-state index is 10.6. The van der Waals surface area contributed by atoms with Crippen LogP contribution >= 0.6 is 15.9 Å². The van der Waals surface area contributed by atoms with Gasteiger partial charge in [-0.15, -0.1) is 0 Å². The SMILES string of the molecule is Cn1nc(Br)cc1[C@H](N)CC(N)=O. The smallest absolute Gasteiger partial charge is 0.219 e. The van der Waals surface area contributed by atoms with E-state index in [1.54, 1.807) is 17.8 Å². The van der Waals surface area contributed by atoms with Gasteiger partial charge in [-0.1, -0.05) is 0 Å². The highest BCUT2D eigenvalue weighted by Gasteiger charge is 2.13. The first-order valence-electron chi connectivity index (χ1n) is 3.74. The van der Waals surface area contributed by atoms with E-state index in [1.165, 1.54) is 0 Å². The number of carbonyl (C=O) groups is 1. The van der Waals surface area contributed by atoms with Crippen LogP contribution in [0.1, 0.15) is 18.2 Å². The summed E-state index contributed by atoms with van der Waals surface area (Å²) in [5.41, 5.74) is 11.5. The third-order valence-electron chi connectivity index (χ3n) is 1.69. The van der Waals surface area contributed by atoms with E-state index in [1.807, 2.05) is 0 Å². The van der Waals surface area contributed by atoms with Crippen molar-refractivity contribution in [2.75, 3.05) is 0 Å². The number of hydrogen-bond donors (Lipinski definition) is 2. The van der Waals surface area contributed by atoms with Crippen LogP contribution in [-0.2, 0) is 11.8 Å². The van der Waals surface area contributed by atoms with Crippen molar-refractivity contribution in [3.05, 3.63) is 16.4 Å². The Kier molecular flexibility index (Phi) is 3.05. The Balaban J connectivity index is 2.81. The largest absolute Gasteiger partial charge is 0.370 e. The van der Waals surface area contributed by atoms with Gasteiger partial charge in [-0.2, -0.15) is 5.10 Å². The molecule has 13 heavy (non-hydrogen) atoms. The van der Waals surface area contributed by atoms with Gasteiger partial charge in [-0.3, -0.25) is 9.48 Å². The van der Waals surface area contributed by atoms with E-state index in [2.05, 4.69) is 21.0 Å². The van der Waals surface area contributed by atoms with Crippen LogP contribution in [0.2, 0.25) is 0 Å². The van der Waals surface area contributed by atoms with Gasteiger partial charge in [0, 0.05) is 13.5 Å². The second-order valence-corrected chi connectivity index (χ2v) is 3.60. The van der Waals surface area contributed by atoms with Crippen molar-refractivity contribution < 1.29 is 4.79 Å². The molecule has 1 aromatic heterocycles. The third-order valence-corrected chi connectivity index (χ3v) is 2.07. The third kappa shape index (κ3) is 2.53. The number of hydrogen-bond acceptors (Lipinski definition) is 3. The van der Waals surface area contributed by atoms with Crippen LogP contribution in [0.3, 0.4) is 0 Å². The zero-order valence-corrected chi connectivity index (χ0v) is 8.78. The predicted molar refractivity (Wildman–Crippen MR) is 51.6 cm³/mol. The number of nitrogens with two attached hydrogens (primary N) is 2. The van der Waals surface area contributed by atoms with Gasteiger partial charge < -0.3 is 11.5 Å². The number of halogens is 1. The number of aromatic nitrogens is 2. The first-order valence-corrected chi connectivity index (χ1v) is 4.53.